The normalized spacial score (nSPS) is 11.2. The van der Waals surface area contributed by atoms with Gasteiger partial charge < -0.3 is 9.47 Å². The summed E-state index contributed by atoms with van der Waals surface area (Å²) in [5, 5.41) is 13.3. The minimum absolute atomic E-state index is 0.141. The topological polar surface area (TPSA) is 104 Å². The molecule has 1 N–H and O–H groups in total. The first-order valence-corrected chi connectivity index (χ1v) is 8.35. The van der Waals surface area contributed by atoms with Gasteiger partial charge in [0.2, 0.25) is 0 Å². The SMILES string of the molecule is O=C(COc1cccc([N+](=O)[O-])c1)Nc1nc2ccc(OC(F)(F)F)cc2s1. The molecule has 1 amide bonds. The van der Waals surface area contributed by atoms with E-state index >= 15 is 0 Å². The van der Waals surface area contributed by atoms with Crippen molar-refractivity contribution in [3.05, 3.63) is 52.6 Å². The zero-order valence-corrected chi connectivity index (χ0v) is 14.5. The highest BCUT2D eigenvalue weighted by molar-refractivity contribution is 7.22. The van der Waals surface area contributed by atoms with Crippen molar-refractivity contribution < 1.29 is 32.4 Å². The molecule has 0 saturated heterocycles. The fourth-order valence-electron chi connectivity index (χ4n) is 2.15. The smallest absolute Gasteiger partial charge is 0.484 e. The molecule has 0 unspecified atom stereocenters. The number of fused-ring (bicyclic) bond motifs is 1. The van der Waals surface area contributed by atoms with Crippen LogP contribution in [0.15, 0.2) is 42.5 Å². The fraction of sp³-hybridized carbons (Fsp3) is 0.125. The minimum Gasteiger partial charge on any atom is -0.484 e. The summed E-state index contributed by atoms with van der Waals surface area (Å²) in [6.45, 7) is -0.431. The first-order valence-electron chi connectivity index (χ1n) is 7.53. The van der Waals surface area contributed by atoms with Crippen molar-refractivity contribution in [1.82, 2.24) is 4.98 Å². The molecular weight excluding hydrogens is 403 g/mol. The molecule has 0 aliphatic carbocycles. The zero-order chi connectivity index (χ0) is 20.3. The summed E-state index contributed by atoms with van der Waals surface area (Å²) in [5.41, 5.74) is 0.204. The number of hydrogen-bond donors (Lipinski definition) is 1. The van der Waals surface area contributed by atoms with Crippen molar-refractivity contribution in [3.63, 3.8) is 0 Å². The Kier molecular flexibility index (Phi) is 5.31. The third-order valence-corrected chi connectivity index (χ3v) is 4.17. The Hall–Kier alpha value is -3.41. The van der Waals surface area contributed by atoms with Crippen LogP contribution >= 0.6 is 11.3 Å². The van der Waals surface area contributed by atoms with Crippen LogP contribution in [0, 0.1) is 10.1 Å². The molecule has 0 aliphatic heterocycles. The molecule has 2 aromatic carbocycles. The third-order valence-electron chi connectivity index (χ3n) is 3.24. The van der Waals surface area contributed by atoms with E-state index < -0.39 is 29.5 Å². The second kappa shape index (κ2) is 7.68. The van der Waals surface area contributed by atoms with Gasteiger partial charge in [0.1, 0.15) is 11.5 Å². The number of aromatic nitrogens is 1. The van der Waals surface area contributed by atoms with Crippen LogP contribution in [0.2, 0.25) is 0 Å². The van der Waals surface area contributed by atoms with E-state index in [4.69, 9.17) is 4.74 Å². The number of anilines is 1. The molecule has 8 nitrogen and oxygen atoms in total. The van der Waals surface area contributed by atoms with Crippen LogP contribution in [0.5, 0.6) is 11.5 Å². The molecule has 3 rings (SSSR count). The van der Waals surface area contributed by atoms with Crippen LogP contribution in [-0.4, -0.2) is 28.8 Å². The quantitative estimate of drug-likeness (QED) is 0.482. The van der Waals surface area contributed by atoms with Gasteiger partial charge >= 0.3 is 6.36 Å². The lowest BCUT2D eigenvalue weighted by Crippen LogP contribution is -2.20. The number of halogens is 3. The number of rotatable bonds is 6. The molecule has 28 heavy (non-hydrogen) atoms. The van der Waals surface area contributed by atoms with Gasteiger partial charge in [-0.1, -0.05) is 17.4 Å². The molecule has 1 aromatic heterocycles. The molecule has 0 saturated carbocycles. The molecular formula is C16H10F3N3O5S. The van der Waals surface area contributed by atoms with E-state index in [0.717, 1.165) is 23.5 Å². The Morgan fingerprint density at radius 3 is 2.71 bits per heavy atom. The number of thiazole rings is 1. The highest BCUT2D eigenvalue weighted by Gasteiger charge is 2.31. The molecule has 3 aromatic rings. The van der Waals surface area contributed by atoms with Crippen molar-refractivity contribution in [3.8, 4) is 11.5 Å². The van der Waals surface area contributed by atoms with E-state index in [1.165, 1.54) is 30.3 Å². The van der Waals surface area contributed by atoms with Gasteiger partial charge in [-0.05, 0) is 18.2 Å². The third kappa shape index (κ3) is 5.07. The van der Waals surface area contributed by atoms with Crippen molar-refractivity contribution in [2.45, 2.75) is 6.36 Å². The van der Waals surface area contributed by atoms with E-state index in [2.05, 4.69) is 15.0 Å². The number of alkyl halides is 3. The first-order chi connectivity index (χ1) is 13.2. The molecule has 0 aliphatic rings. The van der Waals surface area contributed by atoms with Gasteiger partial charge in [0.15, 0.2) is 11.7 Å². The Balaban J connectivity index is 1.63. The van der Waals surface area contributed by atoms with Gasteiger partial charge in [-0.2, -0.15) is 0 Å². The highest BCUT2D eigenvalue weighted by Crippen LogP contribution is 2.31. The van der Waals surface area contributed by atoms with E-state index in [0.29, 0.717) is 10.2 Å². The van der Waals surface area contributed by atoms with Crippen molar-refractivity contribution in [2.24, 2.45) is 0 Å². The first kappa shape index (κ1) is 19.4. The molecule has 0 radical (unpaired) electrons. The average Bonchev–Trinajstić information content (AvgIpc) is 3.00. The monoisotopic (exact) mass is 413 g/mol. The largest absolute Gasteiger partial charge is 0.573 e. The van der Waals surface area contributed by atoms with Crippen LogP contribution < -0.4 is 14.8 Å². The maximum atomic E-state index is 12.3. The Morgan fingerprint density at radius 2 is 2.00 bits per heavy atom. The standard InChI is InChI=1S/C16H10F3N3O5S/c17-16(18,19)27-11-4-5-12-13(7-11)28-15(20-12)21-14(23)8-26-10-3-1-2-9(6-10)22(24)25/h1-7H,8H2,(H,20,21,23). The number of carbonyl (C=O) groups excluding carboxylic acids is 1. The van der Waals surface area contributed by atoms with Crippen molar-refractivity contribution in [2.75, 3.05) is 11.9 Å². The molecule has 146 valence electrons. The summed E-state index contributed by atoms with van der Waals surface area (Å²) in [6, 6.07) is 8.95. The van der Waals surface area contributed by atoms with Gasteiger partial charge in [-0.15, -0.1) is 13.2 Å². The Bertz CT molecular complexity index is 1040. The molecule has 0 bridgehead atoms. The number of nitrogens with zero attached hydrogens (tertiary/aromatic N) is 2. The van der Waals surface area contributed by atoms with E-state index in [1.54, 1.807) is 0 Å². The highest BCUT2D eigenvalue weighted by atomic mass is 32.1. The van der Waals surface area contributed by atoms with Gasteiger partial charge in [0.25, 0.3) is 11.6 Å². The predicted octanol–water partition coefficient (Wildman–Crippen LogP) is 4.12. The number of ether oxygens (including phenoxy) is 2. The number of nitro groups is 1. The molecule has 12 heteroatoms. The molecule has 0 spiro atoms. The maximum Gasteiger partial charge on any atom is 0.573 e. The Labute approximate surface area is 158 Å². The second-order valence-corrected chi connectivity index (χ2v) is 6.32. The molecule has 0 atom stereocenters. The maximum absolute atomic E-state index is 12.3. The van der Waals surface area contributed by atoms with E-state index in [-0.39, 0.29) is 16.6 Å². The molecule has 0 fully saturated rings. The number of nitro benzene ring substituents is 1. The number of hydrogen-bond acceptors (Lipinski definition) is 7. The zero-order valence-electron chi connectivity index (χ0n) is 13.7. The summed E-state index contributed by atoms with van der Waals surface area (Å²) in [6.07, 6.45) is -4.81. The van der Waals surface area contributed by atoms with Gasteiger partial charge in [-0.25, -0.2) is 4.98 Å². The summed E-state index contributed by atoms with van der Waals surface area (Å²) in [5.74, 6) is -0.838. The predicted molar refractivity (Wildman–Crippen MR) is 93.5 cm³/mol. The lowest BCUT2D eigenvalue weighted by molar-refractivity contribution is -0.384. The number of benzene rings is 2. The number of carbonyl (C=O) groups is 1. The number of amides is 1. The second-order valence-electron chi connectivity index (χ2n) is 5.29. The van der Waals surface area contributed by atoms with Crippen LogP contribution in [0.25, 0.3) is 10.2 Å². The van der Waals surface area contributed by atoms with Gasteiger partial charge in [0, 0.05) is 12.1 Å². The lowest BCUT2D eigenvalue weighted by atomic mass is 10.3. The fourth-order valence-corrected chi connectivity index (χ4v) is 3.06. The Morgan fingerprint density at radius 1 is 1.21 bits per heavy atom. The summed E-state index contributed by atoms with van der Waals surface area (Å²) in [7, 11) is 0. The number of nitrogens with one attached hydrogen (secondary N) is 1. The number of non-ortho nitro benzene ring substituents is 1. The van der Waals surface area contributed by atoms with Gasteiger partial charge in [-0.3, -0.25) is 20.2 Å². The van der Waals surface area contributed by atoms with Crippen LogP contribution in [0.3, 0.4) is 0 Å². The van der Waals surface area contributed by atoms with Crippen molar-refractivity contribution >= 4 is 38.3 Å². The minimum atomic E-state index is -4.81. The summed E-state index contributed by atoms with van der Waals surface area (Å²) in [4.78, 5) is 26.2. The van der Waals surface area contributed by atoms with Crippen LogP contribution in [0.4, 0.5) is 24.0 Å². The summed E-state index contributed by atoms with van der Waals surface area (Å²) < 4.78 is 46.2. The van der Waals surface area contributed by atoms with E-state index in [9.17, 15) is 28.1 Å². The van der Waals surface area contributed by atoms with Crippen molar-refractivity contribution in [1.29, 1.82) is 0 Å². The summed E-state index contributed by atoms with van der Waals surface area (Å²) >= 11 is 0.959. The average molecular weight is 413 g/mol. The lowest BCUT2D eigenvalue weighted by Gasteiger charge is -2.07. The van der Waals surface area contributed by atoms with E-state index in [1.807, 2.05) is 0 Å². The van der Waals surface area contributed by atoms with Crippen LogP contribution in [-0.2, 0) is 4.79 Å². The molecule has 1 heterocycles. The van der Waals surface area contributed by atoms with Gasteiger partial charge in [0.05, 0.1) is 21.2 Å². The van der Waals surface area contributed by atoms with Crippen LogP contribution in [0.1, 0.15) is 0 Å².